The predicted molar refractivity (Wildman–Crippen MR) is 73.5 cm³/mol. The maximum Gasteiger partial charge on any atom is 0.302 e. The van der Waals surface area contributed by atoms with E-state index in [4.69, 9.17) is 11.6 Å². The number of carbonyl (C=O) groups excluding carboxylic acids is 1. The molecule has 0 bridgehead atoms. The number of hydrogen-bond acceptors (Lipinski definition) is 5. The first kappa shape index (κ1) is 15.6. The lowest BCUT2D eigenvalue weighted by Gasteiger charge is -2.16. The highest BCUT2D eigenvalue weighted by molar-refractivity contribution is 7.86. The molecule has 21 heavy (non-hydrogen) atoms. The number of hydrogen-bond donors (Lipinski definition) is 0. The summed E-state index contributed by atoms with van der Waals surface area (Å²) in [5.74, 6) is -2.04. The minimum atomic E-state index is -4.71. The first-order chi connectivity index (χ1) is 9.67. The Balaban J connectivity index is 2.33. The zero-order valence-corrected chi connectivity index (χ0v) is 12.1. The quantitative estimate of drug-likeness (QED) is 0.475. The Morgan fingerprint density at radius 2 is 2.14 bits per heavy atom. The lowest BCUT2D eigenvalue weighted by atomic mass is 10.1. The molecule has 0 saturated carbocycles. The number of carbonyl (C=O) groups is 1. The van der Waals surface area contributed by atoms with E-state index in [1.807, 2.05) is 0 Å². The minimum absolute atomic E-state index is 0.0174. The molecule has 1 aliphatic rings. The van der Waals surface area contributed by atoms with Crippen molar-refractivity contribution < 1.29 is 22.0 Å². The minimum Gasteiger partial charge on any atom is -0.306 e. The van der Waals surface area contributed by atoms with Gasteiger partial charge in [-0.2, -0.15) is 8.42 Å². The first-order valence-corrected chi connectivity index (χ1v) is 7.77. The molecule has 1 aromatic rings. The van der Waals surface area contributed by atoms with Gasteiger partial charge in [0, 0.05) is 30.0 Å². The van der Waals surface area contributed by atoms with Crippen LogP contribution in [0.1, 0.15) is 6.42 Å². The van der Waals surface area contributed by atoms with Crippen molar-refractivity contribution in [1.82, 2.24) is 0 Å². The average Bonchev–Trinajstić information content (AvgIpc) is 2.66. The van der Waals surface area contributed by atoms with Gasteiger partial charge in [0.2, 0.25) is 5.91 Å². The second-order valence-electron chi connectivity index (χ2n) is 4.67. The van der Waals surface area contributed by atoms with E-state index in [2.05, 4.69) is 0 Å². The third-order valence-electron chi connectivity index (χ3n) is 3.06. The van der Waals surface area contributed by atoms with E-state index < -0.39 is 32.7 Å². The highest BCUT2D eigenvalue weighted by atomic mass is 35.5. The van der Waals surface area contributed by atoms with Crippen molar-refractivity contribution in [3.63, 3.8) is 0 Å². The summed E-state index contributed by atoms with van der Waals surface area (Å²) in [6.45, 7) is -0.108. The molecule has 0 aliphatic carbocycles. The summed E-state index contributed by atoms with van der Waals surface area (Å²) in [4.78, 5) is 23.3. The molecule has 114 valence electrons. The maximum atomic E-state index is 12.7. The van der Waals surface area contributed by atoms with E-state index >= 15 is 0 Å². The van der Waals surface area contributed by atoms with Crippen molar-refractivity contribution in [3.05, 3.63) is 33.3 Å². The summed E-state index contributed by atoms with van der Waals surface area (Å²) in [7, 11) is -4.71. The monoisotopic (exact) mass is 336 g/mol. The van der Waals surface area contributed by atoms with Crippen molar-refractivity contribution >= 4 is 39.1 Å². The van der Waals surface area contributed by atoms with Crippen molar-refractivity contribution in [2.45, 2.75) is 6.42 Å². The summed E-state index contributed by atoms with van der Waals surface area (Å²) in [6, 6.07) is 3.72. The van der Waals surface area contributed by atoms with Crippen molar-refractivity contribution in [2.24, 2.45) is 5.92 Å². The average molecular weight is 337 g/mol. The fourth-order valence-electron chi connectivity index (χ4n) is 2.27. The van der Waals surface area contributed by atoms with Gasteiger partial charge in [-0.25, -0.2) is 0 Å². The molecule has 1 saturated heterocycles. The highest BCUT2D eigenvalue weighted by Crippen LogP contribution is 2.35. The van der Waals surface area contributed by atoms with Gasteiger partial charge < -0.3 is 4.90 Å². The number of anilines is 1. The molecule has 10 heteroatoms. The Bertz CT molecular complexity index is 709. The van der Waals surface area contributed by atoms with Gasteiger partial charge in [-0.3, -0.25) is 14.9 Å². The predicted octanol–water partition coefficient (Wildman–Crippen LogP) is 1.90. The van der Waals surface area contributed by atoms with Crippen LogP contribution in [0.5, 0.6) is 0 Å². The molecule has 7 nitrogen and oxygen atoms in total. The second-order valence-corrected chi connectivity index (χ2v) is 6.52. The molecule has 1 aliphatic heterocycles. The maximum absolute atomic E-state index is 12.7. The molecule has 1 aromatic carbocycles. The van der Waals surface area contributed by atoms with Crippen molar-refractivity contribution in [3.8, 4) is 0 Å². The largest absolute Gasteiger partial charge is 0.306 e. The van der Waals surface area contributed by atoms with Crippen LogP contribution in [0, 0.1) is 16.0 Å². The van der Waals surface area contributed by atoms with E-state index in [1.165, 1.54) is 12.1 Å². The van der Waals surface area contributed by atoms with Crippen LogP contribution in [-0.2, 0) is 15.0 Å². The molecule has 0 N–H and O–H groups in total. The van der Waals surface area contributed by atoms with E-state index in [9.17, 15) is 27.2 Å². The third kappa shape index (κ3) is 3.67. The number of nitro groups is 1. The highest BCUT2D eigenvalue weighted by Gasteiger charge is 2.36. The number of nitrogens with zero attached hydrogens (tertiary/aromatic N) is 2. The molecular formula is C11H10ClFN2O5S. The molecule has 1 amide bonds. The zero-order valence-electron chi connectivity index (χ0n) is 10.5. The summed E-state index contributed by atoms with van der Waals surface area (Å²) < 4.78 is 34.0. The van der Waals surface area contributed by atoms with Gasteiger partial charge in [0.25, 0.3) is 5.69 Å². The molecule has 0 radical (unpaired) electrons. The molecule has 1 unspecified atom stereocenters. The van der Waals surface area contributed by atoms with Crippen LogP contribution in [0.15, 0.2) is 18.2 Å². The van der Waals surface area contributed by atoms with Crippen LogP contribution in [0.25, 0.3) is 0 Å². The lowest BCUT2D eigenvalue weighted by molar-refractivity contribution is -0.384. The van der Waals surface area contributed by atoms with E-state index in [0.717, 1.165) is 11.0 Å². The molecule has 0 spiro atoms. The van der Waals surface area contributed by atoms with Gasteiger partial charge in [-0.05, 0) is 12.1 Å². The number of benzene rings is 1. The molecule has 1 atom stereocenters. The van der Waals surface area contributed by atoms with Gasteiger partial charge in [0.05, 0.1) is 10.7 Å². The molecule has 1 heterocycles. The summed E-state index contributed by atoms with van der Waals surface area (Å²) in [6.07, 6.45) is -0.188. The standard InChI is InChI=1S/C11H10ClFN2O5S/c12-8-1-2-9(15(17)18)10(4-8)14-5-7(3-11(14)16)6-21(13,19)20/h1-2,4,7H,3,5-6H2. The number of halogens is 2. The van der Waals surface area contributed by atoms with Crippen LogP contribution in [0.2, 0.25) is 5.02 Å². The van der Waals surface area contributed by atoms with Crippen molar-refractivity contribution in [2.75, 3.05) is 17.2 Å². The smallest absolute Gasteiger partial charge is 0.302 e. The van der Waals surface area contributed by atoms with Crippen LogP contribution in [0.3, 0.4) is 0 Å². The van der Waals surface area contributed by atoms with E-state index in [0.29, 0.717) is 0 Å². The fraction of sp³-hybridized carbons (Fsp3) is 0.364. The Hall–Kier alpha value is -1.74. The Morgan fingerprint density at radius 3 is 2.71 bits per heavy atom. The molecule has 2 rings (SSSR count). The normalized spacial score (nSPS) is 19.0. The Labute approximate surface area is 124 Å². The van der Waals surface area contributed by atoms with Crippen molar-refractivity contribution in [1.29, 1.82) is 0 Å². The van der Waals surface area contributed by atoms with Gasteiger partial charge in [0.1, 0.15) is 5.69 Å². The Morgan fingerprint density at radius 1 is 1.48 bits per heavy atom. The number of nitro benzene ring substituents is 1. The summed E-state index contributed by atoms with van der Waals surface area (Å²) in [5.41, 5.74) is -0.340. The number of rotatable bonds is 4. The van der Waals surface area contributed by atoms with Crippen LogP contribution in [0.4, 0.5) is 15.3 Å². The summed E-state index contributed by atoms with van der Waals surface area (Å²) in [5, 5.41) is 11.2. The van der Waals surface area contributed by atoms with Crippen LogP contribution >= 0.6 is 11.6 Å². The summed E-state index contributed by atoms with van der Waals surface area (Å²) >= 11 is 5.77. The SMILES string of the molecule is O=C1CC(CS(=O)(=O)F)CN1c1cc(Cl)ccc1[N+](=O)[O-]. The topological polar surface area (TPSA) is 97.6 Å². The molecule has 1 fully saturated rings. The van der Waals surface area contributed by atoms with Crippen LogP contribution < -0.4 is 4.90 Å². The molecular weight excluding hydrogens is 327 g/mol. The second kappa shape index (κ2) is 5.57. The molecule has 0 aromatic heterocycles. The van der Waals surface area contributed by atoms with Gasteiger partial charge in [-0.1, -0.05) is 11.6 Å². The van der Waals surface area contributed by atoms with Gasteiger partial charge in [-0.15, -0.1) is 3.89 Å². The van der Waals surface area contributed by atoms with Gasteiger partial charge >= 0.3 is 10.2 Å². The van der Waals surface area contributed by atoms with E-state index in [1.54, 1.807) is 0 Å². The number of amides is 1. The zero-order chi connectivity index (χ0) is 15.8. The Kier molecular flexibility index (Phi) is 4.15. The first-order valence-electron chi connectivity index (χ1n) is 5.84. The lowest BCUT2D eigenvalue weighted by Crippen LogP contribution is -2.26. The van der Waals surface area contributed by atoms with Crippen LogP contribution in [-0.4, -0.2) is 31.5 Å². The van der Waals surface area contributed by atoms with E-state index in [-0.39, 0.29) is 29.4 Å². The third-order valence-corrected chi connectivity index (χ3v) is 4.17. The fourth-order valence-corrected chi connectivity index (χ4v) is 3.23. The van der Waals surface area contributed by atoms with Gasteiger partial charge in [0.15, 0.2) is 0 Å².